The fourth-order valence-corrected chi connectivity index (χ4v) is 4.47. The molecule has 4 rings (SSSR count). The summed E-state index contributed by atoms with van der Waals surface area (Å²) in [6.07, 6.45) is 17.0. The second kappa shape index (κ2) is 6.34. The van der Waals surface area contributed by atoms with Gasteiger partial charge in [0.05, 0.1) is 0 Å². The summed E-state index contributed by atoms with van der Waals surface area (Å²) in [7, 11) is 0. The van der Waals surface area contributed by atoms with E-state index in [1.54, 1.807) is 12.4 Å². The third-order valence-electron chi connectivity index (χ3n) is 5.73. The zero-order valence-corrected chi connectivity index (χ0v) is 13.5. The van der Waals surface area contributed by atoms with Crippen LogP contribution in [-0.2, 0) is 9.59 Å². The SMILES string of the molecule is O=C(N/N=C\[C@@H]1C[C@H]2C=C[C@H]1C2)C(=O)N/N=C\[C@@H]1C[C@H]2C=C[C@H]1C2. The van der Waals surface area contributed by atoms with E-state index < -0.39 is 11.8 Å². The molecule has 6 nitrogen and oxygen atoms in total. The van der Waals surface area contributed by atoms with Crippen molar-refractivity contribution in [2.75, 3.05) is 0 Å². The van der Waals surface area contributed by atoms with Crippen LogP contribution in [0.25, 0.3) is 0 Å². The zero-order valence-electron chi connectivity index (χ0n) is 13.5. The lowest BCUT2D eigenvalue weighted by Gasteiger charge is -2.12. The van der Waals surface area contributed by atoms with Crippen molar-refractivity contribution in [3.63, 3.8) is 0 Å². The summed E-state index contributed by atoms with van der Waals surface area (Å²) in [5, 5.41) is 7.86. The van der Waals surface area contributed by atoms with E-state index in [2.05, 4.69) is 45.4 Å². The molecule has 0 saturated heterocycles. The lowest BCUT2D eigenvalue weighted by molar-refractivity contribution is -0.139. The number of allylic oxidation sites excluding steroid dienone is 4. The highest BCUT2D eigenvalue weighted by Gasteiger charge is 2.35. The molecule has 0 heterocycles. The first kappa shape index (κ1) is 15.3. The quantitative estimate of drug-likeness (QED) is 0.356. The molecule has 2 saturated carbocycles. The summed E-state index contributed by atoms with van der Waals surface area (Å²) in [5.41, 5.74) is 4.57. The molecule has 126 valence electrons. The van der Waals surface area contributed by atoms with Gasteiger partial charge in [-0.3, -0.25) is 9.59 Å². The highest BCUT2D eigenvalue weighted by molar-refractivity contribution is 6.35. The maximum Gasteiger partial charge on any atom is 0.331 e. The molecule has 0 aromatic carbocycles. The van der Waals surface area contributed by atoms with Crippen molar-refractivity contribution < 1.29 is 9.59 Å². The molecule has 4 aliphatic rings. The molecule has 0 unspecified atom stereocenters. The molecular weight excluding hydrogens is 304 g/mol. The van der Waals surface area contributed by atoms with Gasteiger partial charge in [-0.2, -0.15) is 10.2 Å². The Morgan fingerprint density at radius 3 is 1.54 bits per heavy atom. The Bertz CT molecular complexity index is 595. The second-order valence-electron chi connectivity index (χ2n) is 7.33. The molecular formula is C18H22N4O2. The van der Waals surface area contributed by atoms with Crippen LogP contribution in [0, 0.1) is 35.5 Å². The molecule has 24 heavy (non-hydrogen) atoms. The van der Waals surface area contributed by atoms with Gasteiger partial charge in [-0.1, -0.05) is 24.3 Å². The summed E-state index contributed by atoms with van der Waals surface area (Å²) in [4.78, 5) is 23.4. The number of carbonyl (C=O) groups excluding carboxylic acids is 2. The number of rotatable bonds is 4. The van der Waals surface area contributed by atoms with Crippen molar-refractivity contribution in [1.29, 1.82) is 0 Å². The van der Waals surface area contributed by atoms with Gasteiger partial charge in [0.1, 0.15) is 0 Å². The average molecular weight is 326 g/mol. The Labute approximate surface area is 141 Å². The van der Waals surface area contributed by atoms with E-state index >= 15 is 0 Å². The topological polar surface area (TPSA) is 82.9 Å². The van der Waals surface area contributed by atoms with Crippen molar-refractivity contribution in [3.8, 4) is 0 Å². The molecule has 0 aromatic rings. The third-order valence-corrected chi connectivity index (χ3v) is 5.73. The number of carbonyl (C=O) groups is 2. The molecule has 4 aliphatic carbocycles. The van der Waals surface area contributed by atoms with E-state index in [0.717, 1.165) is 12.8 Å². The number of amides is 2. The van der Waals surface area contributed by atoms with E-state index in [4.69, 9.17) is 0 Å². The minimum absolute atomic E-state index is 0.368. The zero-order chi connectivity index (χ0) is 16.5. The summed E-state index contributed by atoms with van der Waals surface area (Å²) in [5.74, 6) is 1.54. The number of hydrogen-bond donors (Lipinski definition) is 2. The van der Waals surface area contributed by atoms with Gasteiger partial charge in [-0.25, -0.2) is 10.9 Å². The minimum Gasteiger partial charge on any atom is -0.262 e. The maximum absolute atomic E-state index is 11.7. The normalized spacial score (nSPS) is 38.7. The van der Waals surface area contributed by atoms with Crippen LogP contribution in [0.4, 0.5) is 0 Å². The van der Waals surface area contributed by atoms with Crippen LogP contribution in [0.2, 0.25) is 0 Å². The highest BCUT2D eigenvalue weighted by Crippen LogP contribution is 2.43. The van der Waals surface area contributed by atoms with Crippen molar-refractivity contribution >= 4 is 24.2 Å². The van der Waals surface area contributed by atoms with E-state index in [0.29, 0.717) is 35.5 Å². The standard InChI is InChI=1S/C18H22N4O2/c23-17(21-19-9-15-7-11-1-3-13(15)5-11)18(24)22-20-10-16-8-12-2-4-14(16)6-12/h1-4,9-16H,5-8H2,(H,21,23)(H,22,24)/b19-9-,20-10-/t11-,12-,13-,14-,15-,16-/m0/s1. The molecule has 0 spiro atoms. The third kappa shape index (κ3) is 3.05. The largest absolute Gasteiger partial charge is 0.331 e. The molecule has 0 radical (unpaired) electrons. The Balaban J connectivity index is 1.19. The van der Waals surface area contributed by atoms with Gasteiger partial charge in [0.15, 0.2) is 0 Å². The van der Waals surface area contributed by atoms with Crippen molar-refractivity contribution in [3.05, 3.63) is 24.3 Å². The monoisotopic (exact) mass is 326 g/mol. The molecule has 6 atom stereocenters. The van der Waals surface area contributed by atoms with Crippen LogP contribution in [0.1, 0.15) is 25.7 Å². The molecule has 0 aromatic heterocycles. The summed E-state index contributed by atoms with van der Waals surface area (Å²) in [6.45, 7) is 0. The number of hydrogen-bond acceptors (Lipinski definition) is 4. The first-order chi connectivity index (χ1) is 11.7. The Kier molecular flexibility index (Phi) is 4.04. The molecule has 2 amide bonds. The number of nitrogens with one attached hydrogen (secondary N) is 2. The molecule has 2 fully saturated rings. The number of nitrogens with zero attached hydrogens (tertiary/aromatic N) is 2. The van der Waals surface area contributed by atoms with Gasteiger partial charge in [-0.15, -0.1) is 0 Å². The second-order valence-corrected chi connectivity index (χ2v) is 7.33. The average Bonchev–Trinajstić information content (AvgIpc) is 3.35. The van der Waals surface area contributed by atoms with E-state index in [9.17, 15) is 9.59 Å². The summed E-state index contributed by atoms with van der Waals surface area (Å²) < 4.78 is 0. The van der Waals surface area contributed by atoms with Crippen molar-refractivity contribution in [2.24, 2.45) is 45.7 Å². The first-order valence-corrected chi connectivity index (χ1v) is 8.72. The maximum atomic E-state index is 11.7. The van der Waals surface area contributed by atoms with E-state index in [1.807, 2.05) is 0 Å². The Hall–Kier alpha value is -2.24. The lowest BCUT2D eigenvalue weighted by Crippen LogP contribution is -2.35. The summed E-state index contributed by atoms with van der Waals surface area (Å²) in [6, 6.07) is 0. The molecule has 0 aliphatic heterocycles. The van der Waals surface area contributed by atoms with Gasteiger partial charge in [0.2, 0.25) is 0 Å². The number of fused-ring (bicyclic) bond motifs is 4. The molecule has 2 N–H and O–H groups in total. The fraction of sp³-hybridized carbons (Fsp3) is 0.556. The minimum atomic E-state index is -0.782. The van der Waals surface area contributed by atoms with Crippen LogP contribution in [0.3, 0.4) is 0 Å². The van der Waals surface area contributed by atoms with Crippen molar-refractivity contribution in [2.45, 2.75) is 25.7 Å². The van der Waals surface area contributed by atoms with Crippen LogP contribution in [-0.4, -0.2) is 24.2 Å². The van der Waals surface area contributed by atoms with Gasteiger partial charge < -0.3 is 0 Å². The molecule has 4 bridgehead atoms. The van der Waals surface area contributed by atoms with Crippen LogP contribution < -0.4 is 10.9 Å². The van der Waals surface area contributed by atoms with Crippen LogP contribution in [0.5, 0.6) is 0 Å². The molecule has 6 heteroatoms. The Morgan fingerprint density at radius 1 is 0.750 bits per heavy atom. The predicted octanol–water partition coefficient (Wildman–Crippen LogP) is 1.61. The fourth-order valence-electron chi connectivity index (χ4n) is 4.47. The lowest BCUT2D eigenvalue weighted by atomic mass is 9.95. The van der Waals surface area contributed by atoms with Gasteiger partial charge in [0.25, 0.3) is 0 Å². The van der Waals surface area contributed by atoms with Crippen LogP contribution >= 0.6 is 0 Å². The Morgan fingerprint density at radius 2 is 1.21 bits per heavy atom. The van der Waals surface area contributed by atoms with Gasteiger partial charge >= 0.3 is 11.8 Å². The predicted molar refractivity (Wildman–Crippen MR) is 91.0 cm³/mol. The van der Waals surface area contributed by atoms with Gasteiger partial charge in [0, 0.05) is 24.3 Å². The number of hydrazone groups is 2. The van der Waals surface area contributed by atoms with Crippen LogP contribution in [0.15, 0.2) is 34.5 Å². The highest BCUT2D eigenvalue weighted by atomic mass is 16.2. The first-order valence-electron chi connectivity index (χ1n) is 8.72. The van der Waals surface area contributed by atoms with E-state index in [1.165, 1.54) is 12.8 Å². The van der Waals surface area contributed by atoms with Gasteiger partial charge in [-0.05, 0) is 49.4 Å². The van der Waals surface area contributed by atoms with E-state index in [-0.39, 0.29) is 0 Å². The summed E-state index contributed by atoms with van der Waals surface area (Å²) >= 11 is 0. The smallest absolute Gasteiger partial charge is 0.262 e. The van der Waals surface area contributed by atoms with Crippen molar-refractivity contribution in [1.82, 2.24) is 10.9 Å².